The average Bonchev–Trinajstić information content (AvgIpc) is 3.14. The zero-order valence-electron chi connectivity index (χ0n) is 20.6. The van der Waals surface area contributed by atoms with Gasteiger partial charge in [0.25, 0.3) is 11.8 Å². The average molecular weight is 572 g/mol. The van der Waals surface area contributed by atoms with E-state index in [9.17, 15) is 33.8 Å². The van der Waals surface area contributed by atoms with E-state index in [2.05, 4.69) is 5.32 Å². The maximum absolute atomic E-state index is 13.9. The van der Waals surface area contributed by atoms with Gasteiger partial charge in [-0.05, 0) is 56.3 Å². The summed E-state index contributed by atoms with van der Waals surface area (Å²) in [5.41, 5.74) is 0.482. The Morgan fingerprint density at radius 1 is 1.21 bits per heavy atom. The second-order valence-corrected chi connectivity index (χ2v) is 11.8. The molecule has 0 spiro atoms. The molecular formula is C26H22FN3O7S2. The lowest BCUT2D eigenvalue weighted by atomic mass is 9.94. The van der Waals surface area contributed by atoms with E-state index in [1.807, 2.05) is 0 Å². The van der Waals surface area contributed by atoms with Gasteiger partial charge in [-0.25, -0.2) is 9.18 Å². The zero-order valence-corrected chi connectivity index (χ0v) is 22.2. The largest absolute Gasteiger partial charge is 0.508 e. The van der Waals surface area contributed by atoms with Gasteiger partial charge in [-0.1, -0.05) is 12.2 Å². The summed E-state index contributed by atoms with van der Waals surface area (Å²) >= 11 is 6.62. The van der Waals surface area contributed by atoms with E-state index in [0.29, 0.717) is 5.69 Å². The van der Waals surface area contributed by atoms with Crippen LogP contribution in [0.5, 0.6) is 5.75 Å². The monoisotopic (exact) mass is 571 g/mol. The molecule has 3 unspecified atom stereocenters. The van der Waals surface area contributed by atoms with Crippen LogP contribution in [0.2, 0.25) is 0 Å². The van der Waals surface area contributed by atoms with Crippen molar-refractivity contribution >= 4 is 64.3 Å². The first kappa shape index (κ1) is 26.6. The van der Waals surface area contributed by atoms with Crippen molar-refractivity contribution in [2.45, 2.75) is 36.1 Å². The third kappa shape index (κ3) is 4.51. The molecule has 202 valence electrons. The number of nitrogens with zero attached hydrogens (tertiary/aromatic N) is 2. The molecule has 2 aliphatic rings. The molecule has 3 heterocycles. The molecule has 2 aliphatic heterocycles. The SMILES string of the molecule is CC1(C)SC2C(N(C(=O)CNc3ccc(O)cc3)C(=O)c3coc4ccc(F)cc4c3=S)C(=O)N2C1C(=O)O. The van der Waals surface area contributed by atoms with Gasteiger partial charge in [-0.15, -0.1) is 11.8 Å². The molecule has 2 saturated heterocycles. The van der Waals surface area contributed by atoms with Crippen LogP contribution in [0.3, 0.4) is 0 Å². The summed E-state index contributed by atoms with van der Waals surface area (Å²) in [6.45, 7) is 2.95. The van der Waals surface area contributed by atoms with Crippen LogP contribution >= 0.6 is 24.0 Å². The topological polar surface area (TPSA) is 140 Å². The van der Waals surface area contributed by atoms with Crippen LogP contribution in [0.1, 0.15) is 24.2 Å². The second kappa shape index (κ2) is 9.65. The van der Waals surface area contributed by atoms with E-state index in [4.69, 9.17) is 16.6 Å². The Balaban J connectivity index is 1.52. The molecule has 39 heavy (non-hydrogen) atoms. The molecule has 3 atom stereocenters. The van der Waals surface area contributed by atoms with E-state index >= 15 is 0 Å². The van der Waals surface area contributed by atoms with Gasteiger partial charge in [-0.3, -0.25) is 19.3 Å². The van der Waals surface area contributed by atoms with Crippen LogP contribution in [0.15, 0.2) is 53.1 Å². The molecular weight excluding hydrogens is 549 g/mol. The number of β-lactam (4-membered cyclic amide) rings is 1. The number of aliphatic carboxylic acids is 1. The van der Waals surface area contributed by atoms with Gasteiger partial charge in [-0.2, -0.15) is 0 Å². The number of carboxylic acid groups (broad SMARTS) is 1. The van der Waals surface area contributed by atoms with E-state index in [1.54, 1.807) is 13.8 Å². The van der Waals surface area contributed by atoms with E-state index < -0.39 is 58.3 Å². The van der Waals surface area contributed by atoms with Crippen molar-refractivity contribution in [1.82, 2.24) is 9.80 Å². The van der Waals surface area contributed by atoms with Gasteiger partial charge in [0, 0.05) is 15.8 Å². The van der Waals surface area contributed by atoms with Crippen molar-refractivity contribution in [1.29, 1.82) is 0 Å². The van der Waals surface area contributed by atoms with Gasteiger partial charge in [0.1, 0.15) is 40.9 Å². The van der Waals surface area contributed by atoms with Crippen molar-refractivity contribution in [2.24, 2.45) is 0 Å². The molecule has 3 amide bonds. The number of carbonyl (C=O) groups is 4. The molecule has 13 heteroatoms. The molecule has 2 fully saturated rings. The summed E-state index contributed by atoms with van der Waals surface area (Å²) in [5, 5.41) is 21.5. The summed E-state index contributed by atoms with van der Waals surface area (Å²) in [7, 11) is 0. The lowest BCUT2D eigenvalue weighted by Crippen LogP contribution is -2.72. The number of hydrogen-bond donors (Lipinski definition) is 3. The fourth-order valence-corrected chi connectivity index (χ4v) is 6.81. The van der Waals surface area contributed by atoms with E-state index in [1.165, 1.54) is 53.1 Å². The Hall–Kier alpha value is -3.97. The molecule has 2 aromatic carbocycles. The number of fused-ring (bicyclic) bond motifs is 2. The van der Waals surface area contributed by atoms with Gasteiger partial charge >= 0.3 is 5.97 Å². The minimum absolute atomic E-state index is 0.0205. The Morgan fingerprint density at radius 2 is 1.90 bits per heavy atom. The number of nitrogens with one attached hydrogen (secondary N) is 1. The number of thioether (sulfide) groups is 1. The van der Waals surface area contributed by atoms with E-state index in [0.717, 1.165) is 17.2 Å². The van der Waals surface area contributed by atoms with Crippen molar-refractivity contribution in [3.63, 3.8) is 0 Å². The predicted molar refractivity (Wildman–Crippen MR) is 142 cm³/mol. The quantitative estimate of drug-likeness (QED) is 0.228. The maximum atomic E-state index is 13.9. The van der Waals surface area contributed by atoms with Gasteiger partial charge in [0.05, 0.1) is 16.6 Å². The Bertz CT molecular complexity index is 1590. The fourth-order valence-electron chi connectivity index (χ4n) is 4.85. The van der Waals surface area contributed by atoms with Crippen LogP contribution in [0, 0.1) is 10.3 Å². The number of rotatable bonds is 6. The van der Waals surface area contributed by atoms with Crippen molar-refractivity contribution in [3.8, 4) is 5.75 Å². The Kier molecular flexibility index (Phi) is 6.59. The summed E-state index contributed by atoms with van der Waals surface area (Å²) in [6.07, 6.45) is 1.06. The predicted octanol–water partition coefficient (Wildman–Crippen LogP) is 3.60. The highest BCUT2D eigenvalue weighted by Crippen LogP contribution is 2.52. The molecule has 0 radical (unpaired) electrons. The number of carbonyl (C=O) groups excluding carboxylic acids is 3. The number of anilines is 1. The van der Waals surface area contributed by atoms with Crippen LogP contribution in [0.25, 0.3) is 11.0 Å². The van der Waals surface area contributed by atoms with Gasteiger partial charge in [0.15, 0.2) is 0 Å². The fraction of sp³-hybridized carbons (Fsp3) is 0.269. The first-order chi connectivity index (χ1) is 18.4. The second-order valence-electron chi connectivity index (χ2n) is 9.63. The summed E-state index contributed by atoms with van der Waals surface area (Å²) < 4.78 is 18.5. The highest BCUT2D eigenvalue weighted by atomic mass is 32.2. The standard InChI is InChI=1S/C26H22FN3O7S2/c1-26(2)21(25(35)36)30-23(34)19(24(30)39-26)29(18(32)10-28-13-4-6-14(31)7-5-13)22(33)16-11-37-17-8-3-12(27)9-15(17)20(16)38/h3-9,11,19,21,24,28,31H,10H2,1-2H3,(H,35,36). The minimum Gasteiger partial charge on any atom is -0.508 e. The van der Waals surface area contributed by atoms with Crippen LogP contribution in [-0.2, 0) is 14.4 Å². The van der Waals surface area contributed by atoms with Crippen LogP contribution < -0.4 is 5.32 Å². The third-order valence-corrected chi connectivity index (χ3v) is 8.69. The molecule has 0 bridgehead atoms. The number of benzene rings is 2. The third-order valence-electron chi connectivity index (χ3n) is 6.69. The molecule has 5 rings (SSSR count). The van der Waals surface area contributed by atoms with Crippen molar-refractivity contribution in [3.05, 3.63) is 64.6 Å². The first-order valence-electron chi connectivity index (χ1n) is 11.7. The lowest BCUT2D eigenvalue weighted by molar-refractivity contribution is -0.166. The summed E-state index contributed by atoms with van der Waals surface area (Å²) in [5.74, 6) is -4.17. The summed E-state index contributed by atoms with van der Waals surface area (Å²) in [6, 6.07) is 7.06. The molecule has 3 aromatic rings. The van der Waals surface area contributed by atoms with Gasteiger partial charge < -0.3 is 24.8 Å². The summed E-state index contributed by atoms with van der Waals surface area (Å²) in [4.78, 5) is 54.7. The Labute approximate surface area is 230 Å². The molecule has 10 nitrogen and oxygen atoms in total. The number of aromatic hydroxyl groups is 1. The number of phenols is 1. The van der Waals surface area contributed by atoms with Crippen molar-refractivity contribution < 1.29 is 38.2 Å². The van der Waals surface area contributed by atoms with Crippen molar-refractivity contribution in [2.75, 3.05) is 11.9 Å². The maximum Gasteiger partial charge on any atom is 0.327 e. The van der Waals surface area contributed by atoms with Crippen LogP contribution in [-0.4, -0.2) is 72.5 Å². The van der Waals surface area contributed by atoms with Gasteiger partial charge in [0.2, 0.25) is 5.91 Å². The number of amides is 3. The van der Waals surface area contributed by atoms with Crippen LogP contribution in [0.4, 0.5) is 10.1 Å². The number of phenolic OH excluding ortho intramolecular Hbond substituents is 1. The number of carboxylic acids is 1. The number of halogens is 1. The number of imide groups is 1. The Morgan fingerprint density at radius 3 is 2.56 bits per heavy atom. The smallest absolute Gasteiger partial charge is 0.327 e. The molecule has 1 aromatic heterocycles. The molecule has 0 saturated carbocycles. The minimum atomic E-state index is -1.29. The zero-order chi connectivity index (χ0) is 28.2. The van der Waals surface area contributed by atoms with E-state index in [-0.39, 0.29) is 26.8 Å². The highest BCUT2D eigenvalue weighted by molar-refractivity contribution is 8.01. The molecule has 0 aliphatic carbocycles. The number of hydrogen-bond acceptors (Lipinski definition) is 9. The molecule has 3 N–H and O–H groups in total. The first-order valence-corrected chi connectivity index (χ1v) is 13.0. The lowest BCUT2D eigenvalue weighted by Gasteiger charge is -2.47. The normalized spacial score (nSPS) is 21.3. The highest BCUT2D eigenvalue weighted by Gasteiger charge is 2.66.